The Hall–Kier alpha value is -2.40. The average Bonchev–Trinajstić information content (AvgIpc) is 2.95. The lowest BCUT2D eigenvalue weighted by molar-refractivity contribution is -0.116. The first kappa shape index (κ1) is 16.5. The molecule has 124 valence electrons. The number of anilines is 1. The Bertz CT molecular complexity index is 756. The van der Waals surface area contributed by atoms with Crippen LogP contribution >= 0.6 is 11.8 Å². The molecule has 0 radical (unpaired) electrons. The third kappa shape index (κ3) is 3.92. The molecule has 3 rings (SSSR count). The van der Waals surface area contributed by atoms with Crippen molar-refractivity contribution in [1.82, 2.24) is 5.32 Å². The Morgan fingerprint density at radius 1 is 1.25 bits per heavy atom. The van der Waals surface area contributed by atoms with Crippen LogP contribution in [0.1, 0.15) is 18.1 Å². The number of rotatable bonds is 5. The normalized spacial score (nSPS) is 18.5. The molecule has 5 heteroatoms. The molecule has 2 N–H and O–H groups in total. The molecular formula is C19H20N2O2S. The van der Waals surface area contributed by atoms with Crippen LogP contribution in [0.25, 0.3) is 6.08 Å². The third-order valence-corrected chi connectivity index (χ3v) is 4.81. The summed E-state index contributed by atoms with van der Waals surface area (Å²) in [6, 6.07) is 15.9. The van der Waals surface area contributed by atoms with E-state index in [0.29, 0.717) is 4.91 Å². The molecule has 1 fully saturated rings. The summed E-state index contributed by atoms with van der Waals surface area (Å²) in [4.78, 5) is 12.8. The Kier molecular flexibility index (Phi) is 5.11. The molecule has 0 bridgehead atoms. The number of ether oxygens (including phenoxy) is 1. The van der Waals surface area contributed by atoms with Gasteiger partial charge in [0.2, 0.25) is 0 Å². The molecule has 0 aliphatic carbocycles. The molecule has 24 heavy (non-hydrogen) atoms. The summed E-state index contributed by atoms with van der Waals surface area (Å²) in [5, 5.41) is 6.27. The molecular weight excluding hydrogens is 320 g/mol. The smallest absolute Gasteiger partial charge is 0.260 e. The molecule has 0 spiro atoms. The predicted octanol–water partition coefficient (Wildman–Crippen LogP) is 3.86. The van der Waals surface area contributed by atoms with Crippen LogP contribution in [0.5, 0.6) is 5.75 Å². The number of hydrogen-bond acceptors (Lipinski definition) is 4. The quantitative estimate of drug-likeness (QED) is 0.812. The van der Waals surface area contributed by atoms with Crippen LogP contribution < -0.4 is 15.4 Å². The summed E-state index contributed by atoms with van der Waals surface area (Å²) in [5.74, 6) is 0.712. The van der Waals surface area contributed by atoms with Crippen LogP contribution in [-0.4, -0.2) is 18.5 Å². The summed E-state index contributed by atoms with van der Waals surface area (Å²) >= 11 is 1.48. The fraction of sp³-hybridized carbons (Fsp3) is 0.211. The van der Waals surface area contributed by atoms with Gasteiger partial charge in [-0.05, 0) is 47.9 Å². The lowest BCUT2D eigenvalue weighted by Crippen LogP contribution is -2.30. The Morgan fingerprint density at radius 2 is 2.04 bits per heavy atom. The van der Waals surface area contributed by atoms with E-state index in [2.05, 4.69) is 29.7 Å². The van der Waals surface area contributed by atoms with E-state index in [1.807, 2.05) is 42.5 Å². The summed E-state index contributed by atoms with van der Waals surface area (Å²) in [6.07, 6.45) is 2.90. The molecule has 1 heterocycles. The van der Waals surface area contributed by atoms with Gasteiger partial charge in [-0.2, -0.15) is 0 Å². The second kappa shape index (κ2) is 7.45. The van der Waals surface area contributed by atoms with E-state index in [0.717, 1.165) is 23.4 Å². The van der Waals surface area contributed by atoms with Crippen molar-refractivity contribution in [3.05, 3.63) is 64.6 Å². The molecule has 1 aliphatic heterocycles. The number of methoxy groups -OCH3 is 1. The second-order valence-electron chi connectivity index (χ2n) is 5.45. The maximum Gasteiger partial charge on any atom is 0.260 e. The van der Waals surface area contributed by atoms with Crippen LogP contribution in [0.15, 0.2) is 53.4 Å². The largest absolute Gasteiger partial charge is 0.497 e. The molecule has 4 nitrogen and oxygen atoms in total. The maximum absolute atomic E-state index is 12.2. The zero-order valence-corrected chi connectivity index (χ0v) is 14.5. The van der Waals surface area contributed by atoms with Gasteiger partial charge in [-0.3, -0.25) is 4.79 Å². The van der Waals surface area contributed by atoms with Gasteiger partial charge in [0.25, 0.3) is 5.91 Å². The highest BCUT2D eigenvalue weighted by Gasteiger charge is 2.27. The van der Waals surface area contributed by atoms with Gasteiger partial charge < -0.3 is 15.4 Å². The van der Waals surface area contributed by atoms with E-state index >= 15 is 0 Å². The number of aryl methyl sites for hydroxylation is 1. The third-order valence-electron chi connectivity index (χ3n) is 3.78. The first-order chi connectivity index (χ1) is 11.7. The summed E-state index contributed by atoms with van der Waals surface area (Å²) < 4.78 is 5.22. The minimum absolute atomic E-state index is 0.0644. The molecule has 0 aromatic heterocycles. The van der Waals surface area contributed by atoms with Crippen molar-refractivity contribution in [3.8, 4) is 5.75 Å². The number of benzene rings is 2. The molecule has 0 saturated carbocycles. The standard InChI is InChI=1S/C19H20N2O2S/c1-3-13-7-9-15(10-8-13)20-19-21-18(22)17(24-19)12-14-5-4-6-16(11-14)23-2/h4-12,19-20H,3H2,1-2H3,(H,21,22)/b17-12-/t19-/m0/s1. The van der Waals surface area contributed by atoms with Gasteiger partial charge in [-0.25, -0.2) is 0 Å². The molecule has 1 aliphatic rings. The van der Waals surface area contributed by atoms with Crippen LogP contribution in [0, 0.1) is 0 Å². The van der Waals surface area contributed by atoms with Gasteiger partial charge in [0.15, 0.2) is 5.50 Å². The van der Waals surface area contributed by atoms with Crippen molar-refractivity contribution >= 4 is 29.4 Å². The zero-order chi connectivity index (χ0) is 16.9. The fourth-order valence-corrected chi connectivity index (χ4v) is 3.42. The van der Waals surface area contributed by atoms with Gasteiger partial charge in [0.05, 0.1) is 12.0 Å². The topological polar surface area (TPSA) is 50.4 Å². The highest BCUT2D eigenvalue weighted by atomic mass is 32.2. The number of carbonyl (C=O) groups excluding carboxylic acids is 1. The van der Waals surface area contributed by atoms with Crippen molar-refractivity contribution in [1.29, 1.82) is 0 Å². The number of carbonyl (C=O) groups is 1. The van der Waals surface area contributed by atoms with Crippen molar-refractivity contribution in [2.24, 2.45) is 0 Å². The Morgan fingerprint density at radius 3 is 2.75 bits per heavy atom. The fourth-order valence-electron chi connectivity index (χ4n) is 2.44. The van der Waals surface area contributed by atoms with Crippen LogP contribution in [0.2, 0.25) is 0 Å². The maximum atomic E-state index is 12.2. The molecule has 1 amide bonds. The highest BCUT2D eigenvalue weighted by molar-refractivity contribution is 8.05. The van der Waals surface area contributed by atoms with E-state index in [-0.39, 0.29) is 11.4 Å². The van der Waals surface area contributed by atoms with Crippen molar-refractivity contribution < 1.29 is 9.53 Å². The first-order valence-corrected chi connectivity index (χ1v) is 8.74. The predicted molar refractivity (Wildman–Crippen MR) is 99.9 cm³/mol. The molecule has 1 saturated heterocycles. The van der Waals surface area contributed by atoms with Crippen molar-refractivity contribution in [3.63, 3.8) is 0 Å². The molecule has 2 aromatic rings. The van der Waals surface area contributed by atoms with Crippen molar-refractivity contribution in [2.45, 2.75) is 18.8 Å². The summed E-state index contributed by atoms with van der Waals surface area (Å²) in [6.45, 7) is 2.13. The lowest BCUT2D eigenvalue weighted by Gasteiger charge is -2.12. The number of nitrogens with one attached hydrogen (secondary N) is 2. The van der Waals surface area contributed by atoms with Gasteiger partial charge in [0.1, 0.15) is 5.75 Å². The number of hydrogen-bond donors (Lipinski definition) is 2. The van der Waals surface area contributed by atoms with Crippen LogP contribution in [-0.2, 0) is 11.2 Å². The van der Waals surface area contributed by atoms with E-state index < -0.39 is 0 Å². The van der Waals surface area contributed by atoms with Crippen LogP contribution in [0.4, 0.5) is 5.69 Å². The van der Waals surface area contributed by atoms with Gasteiger partial charge >= 0.3 is 0 Å². The molecule has 1 atom stereocenters. The number of thioether (sulfide) groups is 1. The van der Waals surface area contributed by atoms with Gasteiger partial charge in [-0.1, -0.05) is 43.0 Å². The van der Waals surface area contributed by atoms with E-state index in [9.17, 15) is 4.79 Å². The minimum atomic E-state index is -0.165. The van der Waals surface area contributed by atoms with E-state index in [4.69, 9.17) is 4.74 Å². The summed E-state index contributed by atoms with van der Waals surface area (Å²) in [5.41, 5.74) is 3.07. The first-order valence-electron chi connectivity index (χ1n) is 7.86. The van der Waals surface area contributed by atoms with Gasteiger partial charge in [-0.15, -0.1) is 0 Å². The second-order valence-corrected chi connectivity index (χ2v) is 6.60. The lowest BCUT2D eigenvalue weighted by atomic mass is 10.1. The van der Waals surface area contributed by atoms with Crippen LogP contribution in [0.3, 0.4) is 0 Å². The number of amides is 1. The SMILES string of the molecule is CCc1ccc(N[C@H]2NC(=O)/C(=C/c3cccc(OC)c3)S2)cc1. The zero-order valence-electron chi connectivity index (χ0n) is 13.7. The highest BCUT2D eigenvalue weighted by Crippen LogP contribution is 2.30. The summed E-state index contributed by atoms with van der Waals surface area (Å²) in [7, 11) is 1.63. The Balaban J connectivity index is 1.69. The van der Waals surface area contributed by atoms with E-state index in [1.165, 1.54) is 17.3 Å². The molecule has 0 unspecified atom stereocenters. The average molecular weight is 340 g/mol. The van der Waals surface area contributed by atoms with Crippen molar-refractivity contribution in [2.75, 3.05) is 12.4 Å². The molecule has 2 aromatic carbocycles. The monoisotopic (exact) mass is 340 g/mol. The minimum Gasteiger partial charge on any atom is -0.497 e. The van der Waals surface area contributed by atoms with Gasteiger partial charge in [0, 0.05) is 5.69 Å². The van der Waals surface area contributed by atoms with E-state index in [1.54, 1.807) is 7.11 Å². The Labute approximate surface area is 146 Å².